The first-order valence-electron chi connectivity index (χ1n) is 9.97. The summed E-state index contributed by atoms with van der Waals surface area (Å²) in [5, 5.41) is 2.28. The summed E-state index contributed by atoms with van der Waals surface area (Å²) in [6.07, 6.45) is 13.8. The van der Waals surface area contributed by atoms with Gasteiger partial charge in [0.25, 0.3) is 0 Å². The molecule has 0 N–H and O–H groups in total. The third-order valence-electron chi connectivity index (χ3n) is 4.82. The van der Waals surface area contributed by atoms with Crippen molar-refractivity contribution in [3.8, 4) is 5.75 Å². The minimum atomic E-state index is -0.786. The number of benzene rings is 1. The van der Waals surface area contributed by atoms with Crippen LogP contribution in [0.2, 0.25) is 0 Å². The number of unbranched alkanes of at least 4 members (excludes halogenated alkanes) is 1. The lowest BCUT2D eigenvalue weighted by Crippen LogP contribution is -2.26. The Labute approximate surface area is 171 Å². The number of halogens is 1. The second kappa shape index (κ2) is 12.8. The molecule has 1 aliphatic rings. The molecule has 2 rings (SSSR count). The van der Waals surface area contributed by atoms with E-state index in [-0.39, 0.29) is 18.5 Å². The molecule has 2 atom stereocenters. The van der Waals surface area contributed by atoms with Crippen LogP contribution < -0.4 is 4.74 Å². The van der Waals surface area contributed by atoms with Crippen LogP contribution in [0.5, 0.6) is 5.75 Å². The monoisotopic (exact) mass is 401 g/mol. The number of carbonyl (C=O) groups is 1. The molecule has 1 aromatic rings. The molecule has 0 heterocycles. The highest BCUT2D eigenvalue weighted by Crippen LogP contribution is 2.33. The van der Waals surface area contributed by atoms with Gasteiger partial charge >= 0.3 is 5.91 Å². The maximum Gasteiger partial charge on any atom is 0.311 e. The quantitative estimate of drug-likeness (QED) is 0.278. The van der Waals surface area contributed by atoms with Crippen LogP contribution in [0.1, 0.15) is 38.5 Å². The molecule has 1 fully saturated rings. The van der Waals surface area contributed by atoms with Gasteiger partial charge in [0.1, 0.15) is 18.2 Å². The van der Waals surface area contributed by atoms with Crippen molar-refractivity contribution in [2.75, 3.05) is 13.2 Å². The van der Waals surface area contributed by atoms with Crippen molar-refractivity contribution in [1.82, 2.24) is 0 Å². The molecule has 0 spiro atoms. The number of allylic oxidation sites excluding steroid dienone is 5. The molecule has 1 saturated carbocycles. The maximum atomic E-state index is 13.1. The van der Waals surface area contributed by atoms with E-state index in [1.54, 1.807) is 18.2 Å². The van der Waals surface area contributed by atoms with Crippen molar-refractivity contribution >= 4 is 5.91 Å². The molecule has 2 unspecified atom stereocenters. The predicted octanol–water partition coefficient (Wildman–Crippen LogP) is 5.52. The topological polar surface area (TPSA) is 65.0 Å². The van der Waals surface area contributed by atoms with Crippen LogP contribution >= 0.6 is 0 Å². The summed E-state index contributed by atoms with van der Waals surface area (Å²) >= 11 is 0. The van der Waals surface area contributed by atoms with Gasteiger partial charge in [0.15, 0.2) is 0 Å². The number of rotatable bonds is 11. The Morgan fingerprint density at radius 2 is 2.07 bits per heavy atom. The molecule has 0 aromatic heterocycles. The SMILES string of the molecule is C=C/C=C(\C=C/CCCOCC(=O)N=O)C1CCCC(Oc2ccc(F)cc2)C1. The van der Waals surface area contributed by atoms with Crippen molar-refractivity contribution in [2.45, 2.75) is 44.6 Å². The first-order chi connectivity index (χ1) is 14.1. The highest BCUT2D eigenvalue weighted by molar-refractivity contribution is 5.77. The summed E-state index contributed by atoms with van der Waals surface area (Å²) in [7, 11) is 0. The van der Waals surface area contributed by atoms with E-state index in [2.05, 4.69) is 23.9 Å². The van der Waals surface area contributed by atoms with E-state index in [1.165, 1.54) is 17.7 Å². The molecule has 0 aliphatic heterocycles. The smallest absolute Gasteiger partial charge is 0.311 e. The minimum absolute atomic E-state index is 0.109. The average Bonchev–Trinajstić information content (AvgIpc) is 2.74. The summed E-state index contributed by atoms with van der Waals surface area (Å²) in [5.74, 6) is 0.0326. The van der Waals surface area contributed by atoms with E-state index >= 15 is 0 Å². The largest absolute Gasteiger partial charge is 0.490 e. The van der Waals surface area contributed by atoms with Gasteiger partial charge in [0.05, 0.1) is 6.10 Å². The third kappa shape index (κ3) is 8.52. The van der Waals surface area contributed by atoms with Crippen LogP contribution in [-0.4, -0.2) is 25.2 Å². The van der Waals surface area contributed by atoms with Crippen molar-refractivity contribution in [2.24, 2.45) is 11.1 Å². The van der Waals surface area contributed by atoms with Crippen molar-refractivity contribution in [1.29, 1.82) is 0 Å². The number of nitrogens with zero attached hydrogens (tertiary/aromatic N) is 1. The van der Waals surface area contributed by atoms with Gasteiger partial charge < -0.3 is 9.47 Å². The van der Waals surface area contributed by atoms with Gasteiger partial charge in [-0.15, -0.1) is 4.91 Å². The number of hydrogen-bond acceptors (Lipinski definition) is 4. The molecule has 0 bridgehead atoms. The number of amides is 1. The van der Waals surface area contributed by atoms with Gasteiger partial charge in [0.2, 0.25) is 0 Å². The predicted molar refractivity (Wildman–Crippen MR) is 111 cm³/mol. The Kier molecular flexibility index (Phi) is 10.00. The lowest BCUT2D eigenvalue weighted by atomic mass is 9.81. The van der Waals surface area contributed by atoms with Crippen LogP contribution in [0.15, 0.2) is 65.9 Å². The molecule has 1 aliphatic carbocycles. The first-order valence-corrected chi connectivity index (χ1v) is 9.97. The Bertz CT molecular complexity index is 727. The standard InChI is InChI=1S/C23H28FNO4/c1-2-7-18(8-4-3-5-15-28-17-23(26)25-27)19-9-6-10-22(16-19)29-21-13-11-20(24)12-14-21/h2,4,7-8,11-14,19,22H,1,3,5-6,9-10,15-17H2/b8-4-,18-7+. The third-order valence-corrected chi connectivity index (χ3v) is 4.82. The fraction of sp³-hybridized carbons (Fsp3) is 0.435. The Hall–Kier alpha value is -2.60. The molecule has 5 nitrogen and oxygen atoms in total. The van der Waals surface area contributed by atoms with E-state index in [9.17, 15) is 14.1 Å². The van der Waals surface area contributed by atoms with Crippen LogP contribution in [0.25, 0.3) is 0 Å². The minimum Gasteiger partial charge on any atom is -0.490 e. The summed E-state index contributed by atoms with van der Waals surface area (Å²) in [5.41, 5.74) is 1.22. The molecule has 1 aromatic carbocycles. The normalized spacial score (nSPS) is 19.8. The highest BCUT2D eigenvalue weighted by Gasteiger charge is 2.25. The second-order valence-corrected chi connectivity index (χ2v) is 7.04. The van der Waals surface area contributed by atoms with Crippen LogP contribution in [-0.2, 0) is 9.53 Å². The van der Waals surface area contributed by atoms with Crippen LogP contribution in [0.4, 0.5) is 4.39 Å². The number of hydrogen-bond donors (Lipinski definition) is 0. The highest BCUT2D eigenvalue weighted by atomic mass is 19.1. The zero-order chi connectivity index (χ0) is 20.9. The zero-order valence-corrected chi connectivity index (χ0v) is 16.6. The molecule has 0 saturated heterocycles. The summed E-state index contributed by atoms with van der Waals surface area (Å²) in [4.78, 5) is 20.7. The van der Waals surface area contributed by atoms with Gasteiger partial charge in [-0.25, -0.2) is 4.39 Å². The number of ether oxygens (including phenoxy) is 2. The fourth-order valence-electron chi connectivity index (χ4n) is 3.43. The van der Waals surface area contributed by atoms with Gasteiger partial charge in [-0.3, -0.25) is 4.79 Å². The van der Waals surface area contributed by atoms with E-state index in [0.717, 1.165) is 38.5 Å². The Balaban J connectivity index is 1.81. The average molecular weight is 401 g/mol. The molecule has 0 radical (unpaired) electrons. The van der Waals surface area contributed by atoms with Gasteiger partial charge in [-0.1, -0.05) is 30.9 Å². The van der Waals surface area contributed by atoms with E-state index in [4.69, 9.17) is 9.47 Å². The molecule has 6 heteroatoms. The van der Waals surface area contributed by atoms with E-state index in [1.807, 2.05) is 6.08 Å². The first kappa shape index (κ1) is 22.7. The molecular formula is C23H28FNO4. The van der Waals surface area contributed by atoms with Crippen molar-refractivity contribution in [3.63, 3.8) is 0 Å². The Morgan fingerprint density at radius 1 is 1.28 bits per heavy atom. The summed E-state index contributed by atoms with van der Waals surface area (Å²) < 4.78 is 24.2. The summed E-state index contributed by atoms with van der Waals surface area (Å²) in [6.45, 7) is 3.97. The van der Waals surface area contributed by atoms with Crippen molar-refractivity contribution < 1.29 is 18.7 Å². The zero-order valence-electron chi connectivity index (χ0n) is 16.6. The molecular weight excluding hydrogens is 373 g/mol. The van der Waals surface area contributed by atoms with Crippen LogP contribution in [0, 0.1) is 16.6 Å². The van der Waals surface area contributed by atoms with Gasteiger partial charge in [0, 0.05) is 11.8 Å². The molecule has 156 valence electrons. The summed E-state index contributed by atoms with van der Waals surface area (Å²) in [6, 6.07) is 6.16. The Morgan fingerprint density at radius 3 is 2.79 bits per heavy atom. The molecule has 1 amide bonds. The van der Waals surface area contributed by atoms with Crippen LogP contribution in [0.3, 0.4) is 0 Å². The van der Waals surface area contributed by atoms with E-state index in [0.29, 0.717) is 18.3 Å². The lowest BCUT2D eigenvalue weighted by molar-refractivity contribution is -0.122. The molecule has 29 heavy (non-hydrogen) atoms. The second-order valence-electron chi connectivity index (χ2n) is 7.04. The van der Waals surface area contributed by atoms with Gasteiger partial charge in [-0.2, -0.15) is 0 Å². The fourth-order valence-corrected chi connectivity index (χ4v) is 3.43. The van der Waals surface area contributed by atoms with Gasteiger partial charge in [-0.05, 0) is 74.3 Å². The maximum absolute atomic E-state index is 13.1. The lowest BCUT2D eigenvalue weighted by Gasteiger charge is -2.30. The van der Waals surface area contributed by atoms with E-state index < -0.39 is 5.91 Å². The number of nitroso groups, excluding NO2 is 1. The van der Waals surface area contributed by atoms with Crippen molar-refractivity contribution in [3.05, 3.63) is 71.4 Å². The number of carbonyl (C=O) groups excluding carboxylic acids is 1.